The number of urea groups is 1. The molecule has 1 fully saturated rings. The molecule has 2 heterocycles. The Morgan fingerprint density at radius 1 is 1.24 bits per heavy atom. The second kappa shape index (κ2) is 11.1. The van der Waals surface area contributed by atoms with Crippen LogP contribution in [0.3, 0.4) is 0 Å². The molecule has 0 radical (unpaired) electrons. The van der Waals surface area contributed by atoms with E-state index in [0.29, 0.717) is 25.6 Å². The lowest BCUT2D eigenvalue weighted by Gasteiger charge is -2.36. The first-order chi connectivity index (χ1) is 16.1. The summed E-state index contributed by atoms with van der Waals surface area (Å²) in [6, 6.07) is 7.73. The van der Waals surface area contributed by atoms with Gasteiger partial charge in [-0.2, -0.15) is 0 Å². The number of carbonyl (C=O) groups excluding carboxylic acids is 1. The number of carbonyl (C=O) groups is 1. The molecular formula is C26H40N6O2. The number of nitrogens with zero attached hydrogens (tertiary/aromatic N) is 4. The number of hydrogen-bond donors (Lipinski definition) is 2. The van der Waals surface area contributed by atoms with Crippen molar-refractivity contribution >= 4 is 17.5 Å². The molecule has 34 heavy (non-hydrogen) atoms. The van der Waals surface area contributed by atoms with Crippen LogP contribution in [-0.4, -0.2) is 66.8 Å². The number of anilines is 2. The number of hydrogen-bond acceptors (Lipinski definition) is 6. The van der Waals surface area contributed by atoms with Crippen molar-refractivity contribution in [1.29, 1.82) is 0 Å². The Kier molecular flexibility index (Phi) is 8.49. The van der Waals surface area contributed by atoms with Gasteiger partial charge < -0.3 is 25.2 Å². The van der Waals surface area contributed by atoms with Gasteiger partial charge in [-0.05, 0) is 57.5 Å². The SMILES string of the molecule is CCNC(=O)Nc1ccc(-c2nc(CN(C)CC(C)(C)C)c(C)c(N3CCOCC3C)n2)cc1. The Morgan fingerprint density at radius 3 is 2.56 bits per heavy atom. The molecule has 0 saturated carbocycles. The number of amides is 2. The number of aromatic nitrogens is 2. The van der Waals surface area contributed by atoms with Crippen molar-refractivity contribution in [2.45, 2.75) is 54.1 Å². The van der Waals surface area contributed by atoms with E-state index in [-0.39, 0.29) is 17.5 Å². The number of benzene rings is 1. The van der Waals surface area contributed by atoms with Crippen LogP contribution in [0.5, 0.6) is 0 Å². The summed E-state index contributed by atoms with van der Waals surface area (Å²) in [4.78, 5) is 26.5. The Labute approximate surface area is 204 Å². The summed E-state index contributed by atoms with van der Waals surface area (Å²) in [6.45, 7) is 17.4. The first-order valence-electron chi connectivity index (χ1n) is 12.1. The predicted molar refractivity (Wildman–Crippen MR) is 138 cm³/mol. The van der Waals surface area contributed by atoms with Gasteiger partial charge in [0.15, 0.2) is 5.82 Å². The minimum absolute atomic E-state index is 0.201. The maximum absolute atomic E-state index is 11.8. The first-order valence-corrected chi connectivity index (χ1v) is 12.1. The van der Waals surface area contributed by atoms with Crippen LogP contribution in [-0.2, 0) is 11.3 Å². The summed E-state index contributed by atoms with van der Waals surface area (Å²) in [5.74, 6) is 1.67. The normalized spacial score (nSPS) is 16.6. The molecule has 1 aliphatic heterocycles. The highest BCUT2D eigenvalue weighted by atomic mass is 16.5. The van der Waals surface area contributed by atoms with E-state index >= 15 is 0 Å². The third-order valence-electron chi connectivity index (χ3n) is 5.76. The Bertz CT molecular complexity index is 970. The van der Waals surface area contributed by atoms with Crippen molar-refractivity contribution < 1.29 is 9.53 Å². The number of nitrogens with one attached hydrogen (secondary N) is 2. The zero-order valence-electron chi connectivity index (χ0n) is 21.7. The quantitative estimate of drug-likeness (QED) is 0.631. The molecule has 1 saturated heterocycles. The third-order valence-corrected chi connectivity index (χ3v) is 5.76. The fraction of sp³-hybridized carbons (Fsp3) is 0.577. The lowest BCUT2D eigenvalue weighted by Crippen LogP contribution is -2.44. The monoisotopic (exact) mass is 468 g/mol. The first kappa shape index (κ1) is 25.9. The van der Waals surface area contributed by atoms with Gasteiger partial charge in [0, 0.05) is 43.0 Å². The van der Waals surface area contributed by atoms with Crippen LogP contribution in [0.1, 0.15) is 45.9 Å². The van der Waals surface area contributed by atoms with E-state index in [9.17, 15) is 4.79 Å². The topological polar surface area (TPSA) is 82.6 Å². The minimum atomic E-state index is -0.213. The predicted octanol–water partition coefficient (Wildman–Crippen LogP) is 4.30. The van der Waals surface area contributed by atoms with Crippen molar-refractivity contribution in [3.8, 4) is 11.4 Å². The highest BCUT2D eigenvalue weighted by Crippen LogP contribution is 2.29. The van der Waals surface area contributed by atoms with E-state index < -0.39 is 0 Å². The van der Waals surface area contributed by atoms with E-state index in [1.807, 2.05) is 31.2 Å². The molecule has 1 aliphatic rings. The van der Waals surface area contributed by atoms with Gasteiger partial charge in [0.25, 0.3) is 0 Å². The summed E-state index contributed by atoms with van der Waals surface area (Å²) in [5.41, 5.74) is 4.01. The maximum Gasteiger partial charge on any atom is 0.319 e. The van der Waals surface area contributed by atoms with Gasteiger partial charge in [0.1, 0.15) is 5.82 Å². The fourth-order valence-corrected chi connectivity index (χ4v) is 4.31. The lowest BCUT2D eigenvalue weighted by atomic mass is 9.96. The van der Waals surface area contributed by atoms with Gasteiger partial charge in [0.2, 0.25) is 0 Å². The average molecular weight is 469 g/mol. The van der Waals surface area contributed by atoms with Crippen LogP contribution in [0.15, 0.2) is 24.3 Å². The number of rotatable bonds is 7. The Hall–Kier alpha value is -2.71. The Morgan fingerprint density at radius 2 is 1.94 bits per heavy atom. The van der Waals surface area contributed by atoms with Gasteiger partial charge in [0.05, 0.1) is 24.9 Å². The highest BCUT2D eigenvalue weighted by Gasteiger charge is 2.25. The van der Waals surface area contributed by atoms with Crippen molar-refractivity contribution in [3.63, 3.8) is 0 Å². The van der Waals surface area contributed by atoms with Gasteiger partial charge in [-0.25, -0.2) is 14.8 Å². The second-order valence-electron chi connectivity index (χ2n) is 10.4. The van der Waals surface area contributed by atoms with E-state index in [2.05, 4.69) is 62.1 Å². The molecular weight excluding hydrogens is 428 g/mol. The summed E-state index contributed by atoms with van der Waals surface area (Å²) in [5, 5.41) is 5.58. The van der Waals surface area contributed by atoms with Crippen molar-refractivity contribution in [3.05, 3.63) is 35.5 Å². The van der Waals surface area contributed by atoms with Gasteiger partial charge in [-0.15, -0.1) is 0 Å². The van der Waals surface area contributed by atoms with Crippen molar-refractivity contribution in [2.75, 3.05) is 50.1 Å². The van der Waals surface area contributed by atoms with Crippen LogP contribution >= 0.6 is 0 Å². The van der Waals surface area contributed by atoms with Crippen LogP contribution in [0, 0.1) is 12.3 Å². The summed E-state index contributed by atoms with van der Waals surface area (Å²) >= 11 is 0. The van der Waals surface area contributed by atoms with Crippen LogP contribution in [0.25, 0.3) is 11.4 Å². The molecule has 2 N–H and O–H groups in total. The molecule has 1 aromatic heterocycles. The molecule has 0 bridgehead atoms. The molecule has 8 heteroatoms. The van der Waals surface area contributed by atoms with Crippen LogP contribution < -0.4 is 15.5 Å². The largest absolute Gasteiger partial charge is 0.377 e. The van der Waals surface area contributed by atoms with Crippen molar-refractivity contribution in [1.82, 2.24) is 20.2 Å². The van der Waals surface area contributed by atoms with E-state index in [1.165, 1.54) is 0 Å². The summed E-state index contributed by atoms with van der Waals surface area (Å²) in [7, 11) is 2.14. The summed E-state index contributed by atoms with van der Waals surface area (Å²) in [6.07, 6.45) is 0. The smallest absolute Gasteiger partial charge is 0.319 e. The summed E-state index contributed by atoms with van der Waals surface area (Å²) < 4.78 is 5.67. The average Bonchev–Trinajstić information content (AvgIpc) is 2.75. The second-order valence-corrected chi connectivity index (χ2v) is 10.4. The Balaban J connectivity index is 1.95. The fourth-order valence-electron chi connectivity index (χ4n) is 4.31. The van der Waals surface area contributed by atoms with Gasteiger partial charge in [-0.1, -0.05) is 20.8 Å². The zero-order valence-corrected chi connectivity index (χ0v) is 21.7. The van der Waals surface area contributed by atoms with E-state index in [4.69, 9.17) is 14.7 Å². The lowest BCUT2D eigenvalue weighted by molar-refractivity contribution is 0.0984. The molecule has 3 rings (SSSR count). The van der Waals surface area contributed by atoms with Crippen LogP contribution in [0.4, 0.5) is 16.3 Å². The third kappa shape index (κ3) is 6.90. The van der Waals surface area contributed by atoms with E-state index in [1.54, 1.807) is 0 Å². The maximum atomic E-state index is 11.8. The van der Waals surface area contributed by atoms with Crippen LogP contribution in [0.2, 0.25) is 0 Å². The molecule has 186 valence electrons. The van der Waals surface area contributed by atoms with Gasteiger partial charge >= 0.3 is 6.03 Å². The van der Waals surface area contributed by atoms with E-state index in [0.717, 1.165) is 48.0 Å². The molecule has 0 aliphatic carbocycles. The van der Waals surface area contributed by atoms with Gasteiger partial charge in [-0.3, -0.25) is 0 Å². The molecule has 0 spiro atoms. The molecule has 2 amide bonds. The zero-order chi connectivity index (χ0) is 24.9. The standard InChI is InChI=1S/C26H40N6O2/c1-8-27-25(33)28-21-11-9-20(10-12-21)23-29-22(15-31(7)17-26(4,5)6)19(3)24(30-23)32-13-14-34-16-18(32)2/h9-12,18H,8,13-17H2,1-7H3,(H2,27,28,33). The molecule has 2 aromatic rings. The number of morpholine rings is 1. The minimum Gasteiger partial charge on any atom is -0.377 e. The molecule has 1 aromatic carbocycles. The van der Waals surface area contributed by atoms with Crippen molar-refractivity contribution in [2.24, 2.45) is 5.41 Å². The molecule has 1 atom stereocenters. The highest BCUT2D eigenvalue weighted by molar-refractivity contribution is 5.89. The molecule has 1 unspecified atom stereocenters. The molecule has 8 nitrogen and oxygen atoms in total. The number of ether oxygens (including phenoxy) is 1.